The second-order valence-electron chi connectivity index (χ2n) is 10.1. The Morgan fingerprint density at radius 3 is 2.11 bits per heavy atom. The lowest BCUT2D eigenvalue weighted by Gasteiger charge is -2.24. The van der Waals surface area contributed by atoms with Crippen molar-refractivity contribution in [3.8, 4) is 11.5 Å². The minimum atomic E-state index is -4.85. The molecule has 0 saturated carbocycles. The Morgan fingerprint density at radius 2 is 1.51 bits per heavy atom. The van der Waals surface area contributed by atoms with Crippen LogP contribution in [-0.4, -0.2) is 60.9 Å². The lowest BCUT2D eigenvalue weighted by molar-refractivity contribution is -0.137. The Balaban J connectivity index is 1.80. The number of halogens is 4. The van der Waals surface area contributed by atoms with E-state index in [0.717, 1.165) is 17.7 Å². The average molecular weight is 649 g/mol. The highest BCUT2D eigenvalue weighted by molar-refractivity contribution is 6.30. The minimum Gasteiger partial charge on any atom is -0.457 e. The molecule has 0 saturated heterocycles. The third-order valence-electron chi connectivity index (χ3n) is 6.68. The molecule has 3 aromatic carbocycles. The molecule has 2 unspecified atom stereocenters. The van der Waals surface area contributed by atoms with Gasteiger partial charge in [0.1, 0.15) is 17.5 Å². The van der Waals surface area contributed by atoms with Gasteiger partial charge in [-0.3, -0.25) is 14.4 Å². The van der Waals surface area contributed by atoms with Crippen LogP contribution in [0, 0.1) is 0 Å². The summed E-state index contributed by atoms with van der Waals surface area (Å²) in [6.07, 6.45) is -4.89. The number of nitrogens with zero attached hydrogens (tertiary/aromatic N) is 1. The number of rotatable bonds is 15. The lowest BCUT2D eigenvalue weighted by Crippen LogP contribution is -2.52. The SMILES string of the molecule is NCCN(CCN)C(=O)CC(N)C(=O)NC(CCc1ccccc1)C(=O)Nc1ccc(Oc2ccc(Cl)cc2)cc1C(F)(F)F. The molecule has 0 aromatic heterocycles. The van der Waals surface area contributed by atoms with Crippen LogP contribution in [0.2, 0.25) is 5.02 Å². The molecule has 0 spiro atoms. The first kappa shape index (κ1) is 35.3. The molecule has 3 amide bonds. The first-order valence-electron chi connectivity index (χ1n) is 14.1. The lowest BCUT2D eigenvalue weighted by atomic mass is 10.0. The van der Waals surface area contributed by atoms with Crippen molar-refractivity contribution in [2.45, 2.75) is 37.5 Å². The molecule has 14 heteroatoms. The van der Waals surface area contributed by atoms with Crippen molar-refractivity contribution in [3.05, 3.63) is 88.9 Å². The average Bonchev–Trinajstić information content (AvgIpc) is 3.00. The normalized spacial score (nSPS) is 12.6. The zero-order valence-corrected chi connectivity index (χ0v) is 25.1. The fourth-order valence-electron chi connectivity index (χ4n) is 4.38. The molecule has 45 heavy (non-hydrogen) atoms. The van der Waals surface area contributed by atoms with Crippen LogP contribution in [0.1, 0.15) is 24.0 Å². The number of nitrogens with two attached hydrogens (primary N) is 3. The third kappa shape index (κ3) is 11.0. The molecule has 242 valence electrons. The van der Waals surface area contributed by atoms with Gasteiger partial charge in [0.25, 0.3) is 0 Å². The van der Waals surface area contributed by atoms with Crippen LogP contribution in [0.15, 0.2) is 72.8 Å². The van der Waals surface area contributed by atoms with Crippen molar-refractivity contribution < 1.29 is 32.3 Å². The van der Waals surface area contributed by atoms with E-state index in [1.165, 1.54) is 35.2 Å². The van der Waals surface area contributed by atoms with Crippen LogP contribution >= 0.6 is 11.6 Å². The molecule has 0 aliphatic carbocycles. The number of alkyl halides is 3. The smallest absolute Gasteiger partial charge is 0.418 e. The highest BCUT2D eigenvalue weighted by atomic mass is 35.5. The molecule has 0 heterocycles. The van der Waals surface area contributed by atoms with Gasteiger partial charge >= 0.3 is 6.18 Å². The fraction of sp³-hybridized carbons (Fsp3) is 0.323. The molecule has 8 N–H and O–H groups in total. The van der Waals surface area contributed by atoms with E-state index in [2.05, 4.69) is 10.6 Å². The Morgan fingerprint density at radius 1 is 0.889 bits per heavy atom. The molecule has 0 fully saturated rings. The van der Waals surface area contributed by atoms with Gasteiger partial charge in [-0.05, 0) is 60.9 Å². The zero-order chi connectivity index (χ0) is 33.0. The Labute approximate surface area is 264 Å². The number of amides is 3. The number of anilines is 1. The summed E-state index contributed by atoms with van der Waals surface area (Å²) in [5.41, 5.74) is 16.2. The number of carbonyl (C=O) groups excluding carboxylic acids is 3. The molecule has 3 rings (SSSR count). The molecule has 0 bridgehead atoms. The first-order valence-corrected chi connectivity index (χ1v) is 14.5. The van der Waals surface area contributed by atoms with Gasteiger partial charge < -0.3 is 37.5 Å². The second kappa shape index (κ2) is 16.8. The Bertz CT molecular complexity index is 1420. The predicted molar refractivity (Wildman–Crippen MR) is 166 cm³/mol. The van der Waals surface area contributed by atoms with Crippen LogP contribution in [0.5, 0.6) is 11.5 Å². The van der Waals surface area contributed by atoms with Crippen molar-refractivity contribution in [2.24, 2.45) is 17.2 Å². The molecule has 0 radical (unpaired) electrons. The van der Waals surface area contributed by atoms with E-state index < -0.39 is 47.2 Å². The van der Waals surface area contributed by atoms with Gasteiger partial charge in [0, 0.05) is 31.2 Å². The van der Waals surface area contributed by atoms with E-state index in [1.54, 1.807) is 12.1 Å². The van der Waals surface area contributed by atoms with Gasteiger partial charge in [0.2, 0.25) is 17.7 Å². The van der Waals surface area contributed by atoms with E-state index in [1.807, 2.05) is 18.2 Å². The topological polar surface area (TPSA) is 166 Å². The van der Waals surface area contributed by atoms with Crippen LogP contribution in [-0.2, 0) is 27.0 Å². The number of nitrogens with one attached hydrogen (secondary N) is 2. The van der Waals surface area contributed by atoms with Crippen LogP contribution in [0.25, 0.3) is 0 Å². The molecular weight excluding hydrogens is 613 g/mol. The van der Waals surface area contributed by atoms with E-state index in [0.29, 0.717) is 11.4 Å². The second-order valence-corrected chi connectivity index (χ2v) is 10.5. The monoisotopic (exact) mass is 648 g/mol. The van der Waals surface area contributed by atoms with Crippen LogP contribution in [0.4, 0.5) is 18.9 Å². The van der Waals surface area contributed by atoms with Gasteiger partial charge in [-0.15, -0.1) is 0 Å². The number of hydrogen-bond donors (Lipinski definition) is 5. The number of aryl methyl sites for hydroxylation is 1. The van der Waals surface area contributed by atoms with Crippen molar-refractivity contribution >= 4 is 35.0 Å². The summed E-state index contributed by atoms with van der Waals surface area (Å²) in [4.78, 5) is 40.5. The van der Waals surface area contributed by atoms with E-state index in [-0.39, 0.29) is 50.5 Å². The maximum absolute atomic E-state index is 14.1. The predicted octanol–water partition coefficient (Wildman–Crippen LogP) is 3.67. The Kier molecular flexibility index (Phi) is 13.2. The first-order chi connectivity index (χ1) is 21.4. The largest absolute Gasteiger partial charge is 0.457 e. The number of ether oxygens (including phenoxy) is 1. The zero-order valence-electron chi connectivity index (χ0n) is 24.4. The van der Waals surface area contributed by atoms with Gasteiger partial charge in [-0.2, -0.15) is 13.2 Å². The van der Waals surface area contributed by atoms with Crippen molar-refractivity contribution in [2.75, 3.05) is 31.5 Å². The third-order valence-corrected chi connectivity index (χ3v) is 6.94. The number of carbonyl (C=O) groups is 3. The molecule has 2 atom stereocenters. The maximum Gasteiger partial charge on any atom is 0.418 e. The quantitative estimate of drug-likeness (QED) is 0.168. The summed E-state index contributed by atoms with van der Waals surface area (Å²) in [7, 11) is 0. The molecule has 3 aromatic rings. The number of hydrogen-bond acceptors (Lipinski definition) is 7. The summed E-state index contributed by atoms with van der Waals surface area (Å²) in [5, 5.41) is 5.24. The highest BCUT2D eigenvalue weighted by Gasteiger charge is 2.35. The van der Waals surface area contributed by atoms with Crippen molar-refractivity contribution in [1.82, 2.24) is 10.2 Å². The molecular formula is C31H36ClF3N6O4. The van der Waals surface area contributed by atoms with Crippen molar-refractivity contribution in [1.29, 1.82) is 0 Å². The maximum atomic E-state index is 14.1. The minimum absolute atomic E-state index is 0.0356. The summed E-state index contributed by atoms with van der Waals surface area (Å²) in [6, 6.07) is 15.5. The van der Waals surface area contributed by atoms with Crippen LogP contribution in [0.3, 0.4) is 0 Å². The van der Waals surface area contributed by atoms with Gasteiger partial charge in [0.05, 0.1) is 23.7 Å². The molecule has 10 nitrogen and oxygen atoms in total. The van der Waals surface area contributed by atoms with Gasteiger partial charge in [0.15, 0.2) is 0 Å². The highest BCUT2D eigenvalue weighted by Crippen LogP contribution is 2.38. The fourth-order valence-corrected chi connectivity index (χ4v) is 4.50. The standard InChI is InChI=1S/C31H36ClF3N6O4/c32-21-7-9-22(10-8-21)45-23-11-13-26(24(18-23)31(33,34)35)39-30(44)27(12-6-20-4-2-1-3-5-20)40-29(43)25(38)19-28(42)41(16-14-36)17-15-37/h1-5,7-11,13,18,25,27H,6,12,14-17,19,36-38H2,(H,39,44)(H,40,43). The summed E-state index contributed by atoms with van der Waals surface area (Å²) < 4.78 is 47.8. The van der Waals surface area contributed by atoms with Crippen LogP contribution < -0.4 is 32.6 Å². The van der Waals surface area contributed by atoms with Gasteiger partial charge in [-0.1, -0.05) is 41.9 Å². The van der Waals surface area contributed by atoms with E-state index in [4.69, 9.17) is 33.5 Å². The summed E-state index contributed by atoms with van der Waals surface area (Å²) in [6.45, 7) is 0.807. The molecule has 0 aliphatic heterocycles. The van der Waals surface area contributed by atoms with E-state index in [9.17, 15) is 27.6 Å². The van der Waals surface area contributed by atoms with Crippen molar-refractivity contribution in [3.63, 3.8) is 0 Å². The number of benzene rings is 3. The Hall–Kier alpha value is -4.17. The van der Waals surface area contributed by atoms with Gasteiger partial charge in [-0.25, -0.2) is 0 Å². The summed E-state index contributed by atoms with van der Waals surface area (Å²) >= 11 is 5.86. The summed E-state index contributed by atoms with van der Waals surface area (Å²) in [5.74, 6) is -2.03. The van der Waals surface area contributed by atoms with E-state index >= 15 is 0 Å². The molecule has 0 aliphatic rings.